The molecule has 1 saturated heterocycles. The summed E-state index contributed by atoms with van der Waals surface area (Å²) in [4.78, 5) is 18.8. The SMILES string of the molecule is CN1CCN(CCNc2cccnc2[N+](=O)[O-])CC1. The molecule has 7 nitrogen and oxygen atoms in total. The van der Waals surface area contributed by atoms with Gasteiger partial charge in [-0.15, -0.1) is 0 Å². The summed E-state index contributed by atoms with van der Waals surface area (Å²) in [7, 11) is 2.12. The minimum atomic E-state index is -0.460. The monoisotopic (exact) mass is 265 g/mol. The van der Waals surface area contributed by atoms with Crippen molar-refractivity contribution in [2.75, 3.05) is 51.6 Å². The molecular weight excluding hydrogens is 246 g/mol. The van der Waals surface area contributed by atoms with Gasteiger partial charge in [0.05, 0.1) is 0 Å². The highest BCUT2D eigenvalue weighted by molar-refractivity contribution is 5.56. The largest absolute Gasteiger partial charge is 0.386 e. The van der Waals surface area contributed by atoms with Crippen molar-refractivity contribution in [3.8, 4) is 0 Å². The Bertz CT molecular complexity index is 432. The van der Waals surface area contributed by atoms with E-state index in [1.54, 1.807) is 12.1 Å². The molecule has 7 heteroatoms. The number of pyridine rings is 1. The summed E-state index contributed by atoms with van der Waals surface area (Å²) in [6.07, 6.45) is 1.43. The van der Waals surface area contributed by atoms with E-state index in [-0.39, 0.29) is 5.82 Å². The van der Waals surface area contributed by atoms with Gasteiger partial charge in [0, 0.05) is 39.3 Å². The summed E-state index contributed by atoms with van der Waals surface area (Å²) in [5.74, 6) is -0.110. The van der Waals surface area contributed by atoms with Gasteiger partial charge in [0.2, 0.25) is 0 Å². The molecule has 0 aromatic carbocycles. The van der Waals surface area contributed by atoms with Crippen LogP contribution in [0.3, 0.4) is 0 Å². The molecule has 1 N–H and O–H groups in total. The van der Waals surface area contributed by atoms with Crippen LogP contribution in [0.25, 0.3) is 0 Å². The molecule has 0 amide bonds. The Morgan fingerprint density at radius 2 is 2.16 bits per heavy atom. The number of likely N-dealkylation sites (N-methyl/N-ethyl adjacent to an activating group) is 1. The lowest BCUT2D eigenvalue weighted by molar-refractivity contribution is -0.388. The summed E-state index contributed by atoms with van der Waals surface area (Å²) >= 11 is 0. The first kappa shape index (κ1) is 13.7. The third-order valence-corrected chi connectivity index (χ3v) is 3.30. The first-order valence-corrected chi connectivity index (χ1v) is 6.41. The summed E-state index contributed by atoms with van der Waals surface area (Å²) in [5, 5.41) is 13.9. The second-order valence-corrected chi connectivity index (χ2v) is 4.70. The molecule has 1 aromatic rings. The molecule has 1 aliphatic rings. The predicted molar refractivity (Wildman–Crippen MR) is 73.3 cm³/mol. The molecule has 0 atom stereocenters. The molecule has 0 aliphatic carbocycles. The smallest absolute Gasteiger partial charge is 0.377 e. The molecule has 1 fully saturated rings. The van der Waals surface area contributed by atoms with Gasteiger partial charge < -0.3 is 20.3 Å². The average Bonchev–Trinajstić information content (AvgIpc) is 2.41. The fourth-order valence-corrected chi connectivity index (χ4v) is 2.10. The van der Waals surface area contributed by atoms with Crippen LogP contribution in [0.4, 0.5) is 11.5 Å². The summed E-state index contributed by atoms with van der Waals surface area (Å²) in [6, 6.07) is 3.39. The van der Waals surface area contributed by atoms with E-state index in [4.69, 9.17) is 0 Å². The number of nitro groups is 1. The zero-order valence-electron chi connectivity index (χ0n) is 11.1. The molecule has 0 unspecified atom stereocenters. The zero-order valence-corrected chi connectivity index (χ0v) is 11.1. The van der Waals surface area contributed by atoms with Crippen molar-refractivity contribution in [2.45, 2.75) is 0 Å². The van der Waals surface area contributed by atoms with E-state index < -0.39 is 4.92 Å². The van der Waals surface area contributed by atoms with E-state index in [0.717, 1.165) is 32.7 Å². The first-order chi connectivity index (χ1) is 9.16. The van der Waals surface area contributed by atoms with E-state index in [1.807, 2.05) is 0 Å². The maximum absolute atomic E-state index is 10.8. The quantitative estimate of drug-likeness (QED) is 0.622. The summed E-state index contributed by atoms with van der Waals surface area (Å²) in [5.41, 5.74) is 0.488. The van der Waals surface area contributed by atoms with Crippen molar-refractivity contribution in [1.82, 2.24) is 14.8 Å². The van der Waals surface area contributed by atoms with Crippen molar-refractivity contribution in [3.63, 3.8) is 0 Å². The van der Waals surface area contributed by atoms with Gasteiger partial charge in [-0.2, -0.15) is 0 Å². The van der Waals surface area contributed by atoms with Crippen LogP contribution < -0.4 is 5.32 Å². The van der Waals surface area contributed by atoms with E-state index in [1.165, 1.54) is 6.20 Å². The lowest BCUT2D eigenvalue weighted by Gasteiger charge is -2.32. The standard InChI is InChI=1S/C12H19N5O2/c1-15-7-9-16(10-8-15)6-5-13-11-3-2-4-14-12(11)17(18)19/h2-4,13H,5-10H2,1H3. The average molecular weight is 265 g/mol. The van der Waals surface area contributed by atoms with Crippen LogP contribution in [0.1, 0.15) is 0 Å². The maximum Gasteiger partial charge on any atom is 0.386 e. The third-order valence-electron chi connectivity index (χ3n) is 3.30. The highest BCUT2D eigenvalue weighted by atomic mass is 16.6. The van der Waals surface area contributed by atoms with Crippen LogP contribution in [0.5, 0.6) is 0 Å². The van der Waals surface area contributed by atoms with Crippen molar-refractivity contribution < 1.29 is 4.92 Å². The van der Waals surface area contributed by atoms with Crippen LogP contribution in [0, 0.1) is 10.1 Å². The molecule has 0 saturated carbocycles. The van der Waals surface area contributed by atoms with Crippen molar-refractivity contribution >= 4 is 11.5 Å². The van der Waals surface area contributed by atoms with Gasteiger partial charge in [-0.25, -0.2) is 0 Å². The second kappa shape index (κ2) is 6.44. The molecule has 104 valence electrons. The Balaban J connectivity index is 1.81. The van der Waals surface area contributed by atoms with Gasteiger partial charge in [-0.1, -0.05) is 0 Å². The molecular formula is C12H19N5O2. The Kier molecular flexibility index (Phi) is 4.64. The minimum Gasteiger partial charge on any atom is -0.377 e. The van der Waals surface area contributed by atoms with Crippen molar-refractivity contribution in [2.24, 2.45) is 0 Å². The molecule has 2 heterocycles. The molecule has 19 heavy (non-hydrogen) atoms. The second-order valence-electron chi connectivity index (χ2n) is 4.70. The lowest BCUT2D eigenvalue weighted by Crippen LogP contribution is -2.45. The van der Waals surface area contributed by atoms with Gasteiger partial charge in [-0.05, 0) is 29.1 Å². The van der Waals surface area contributed by atoms with Crippen molar-refractivity contribution in [3.05, 3.63) is 28.4 Å². The summed E-state index contributed by atoms with van der Waals surface area (Å²) in [6.45, 7) is 5.83. The van der Waals surface area contributed by atoms with E-state index in [9.17, 15) is 10.1 Å². The molecule has 0 bridgehead atoms. The van der Waals surface area contributed by atoms with Crippen LogP contribution in [0.15, 0.2) is 18.3 Å². The summed E-state index contributed by atoms with van der Waals surface area (Å²) < 4.78 is 0. The molecule has 0 spiro atoms. The van der Waals surface area contributed by atoms with Crippen LogP contribution in [-0.2, 0) is 0 Å². The number of nitrogens with one attached hydrogen (secondary N) is 1. The number of aromatic nitrogens is 1. The topological polar surface area (TPSA) is 74.5 Å². The first-order valence-electron chi connectivity index (χ1n) is 6.41. The molecule has 1 aliphatic heterocycles. The van der Waals surface area contributed by atoms with Crippen LogP contribution in [-0.4, -0.2) is 66.0 Å². The fraction of sp³-hybridized carbons (Fsp3) is 0.583. The number of hydrogen-bond acceptors (Lipinski definition) is 6. The lowest BCUT2D eigenvalue weighted by atomic mass is 10.3. The van der Waals surface area contributed by atoms with Crippen LogP contribution >= 0.6 is 0 Å². The van der Waals surface area contributed by atoms with E-state index in [0.29, 0.717) is 12.2 Å². The Hall–Kier alpha value is -1.73. The van der Waals surface area contributed by atoms with Crippen LogP contribution in [0.2, 0.25) is 0 Å². The van der Waals surface area contributed by atoms with Gasteiger partial charge in [-0.3, -0.25) is 4.90 Å². The Morgan fingerprint density at radius 3 is 2.84 bits per heavy atom. The molecule has 0 radical (unpaired) electrons. The Morgan fingerprint density at radius 1 is 1.42 bits per heavy atom. The number of rotatable bonds is 5. The van der Waals surface area contributed by atoms with E-state index >= 15 is 0 Å². The van der Waals surface area contributed by atoms with Gasteiger partial charge in [0.25, 0.3) is 0 Å². The van der Waals surface area contributed by atoms with Gasteiger partial charge in [0.1, 0.15) is 11.9 Å². The van der Waals surface area contributed by atoms with Gasteiger partial charge in [0.15, 0.2) is 0 Å². The third kappa shape index (κ3) is 3.87. The number of hydrogen-bond donors (Lipinski definition) is 1. The highest BCUT2D eigenvalue weighted by Crippen LogP contribution is 2.19. The van der Waals surface area contributed by atoms with E-state index in [2.05, 4.69) is 27.1 Å². The Labute approximate surface area is 112 Å². The van der Waals surface area contributed by atoms with Gasteiger partial charge >= 0.3 is 5.82 Å². The number of anilines is 1. The normalized spacial score (nSPS) is 17.3. The number of piperazine rings is 1. The predicted octanol–water partition coefficient (Wildman–Crippen LogP) is 0.649. The van der Waals surface area contributed by atoms with Crippen molar-refractivity contribution in [1.29, 1.82) is 0 Å². The fourth-order valence-electron chi connectivity index (χ4n) is 2.10. The highest BCUT2D eigenvalue weighted by Gasteiger charge is 2.15. The molecule has 1 aromatic heterocycles. The maximum atomic E-state index is 10.8. The minimum absolute atomic E-state index is 0.110. The number of nitrogens with zero attached hydrogens (tertiary/aromatic N) is 4. The molecule has 2 rings (SSSR count). The zero-order chi connectivity index (χ0) is 13.7.